The molecule has 0 N–H and O–H groups in total. The average molecular weight is 541 g/mol. The largest absolute Gasteiger partial charge is 0.417 e. The Morgan fingerprint density at radius 1 is 0.833 bits per heavy atom. The summed E-state index contributed by atoms with van der Waals surface area (Å²) >= 11 is 0. The molecule has 0 radical (unpaired) electrons. The van der Waals surface area contributed by atoms with Crippen LogP contribution < -0.4 is 0 Å². The number of hydrogen-bond acceptors (Lipinski definition) is 3. The highest BCUT2D eigenvalue weighted by atomic mass is 28.4. The quantitative estimate of drug-likeness (QED) is 0.153. The summed E-state index contributed by atoms with van der Waals surface area (Å²) in [6.45, 7) is 40.5. The second kappa shape index (κ2) is 13.2. The number of carbonyl (C=O) groups excluding carboxylic acids is 1. The number of ketones is 1. The van der Waals surface area contributed by atoms with Crippen molar-refractivity contribution in [2.75, 3.05) is 6.61 Å². The monoisotopic (exact) mass is 540 g/mol. The molecule has 0 amide bonds. The fourth-order valence-corrected chi connectivity index (χ4v) is 6.74. The van der Waals surface area contributed by atoms with Gasteiger partial charge in [0.25, 0.3) is 0 Å². The van der Waals surface area contributed by atoms with E-state index in [2.05, 4.69) is 116 Å². The first-order valence-corrected chi connectivity index (χ1v) is 20.2. The smallest absolute Gasteiger partial charge is 0.192 e. The third-order valence-electron chi connectivity index (χ3n) is 9.70. The summed E-state index contributed by atoms with van der Waals surface area (Å²) in [6, 6.07) is 0. The van der Waals surface area contributed by atoms with Crippen molar-refractivity contribution in [2.24, 2.45) is 23.2 Å². The number of rotatable bonds is 15. The van der Waals surface area contributed by atoms with Crippen LogP contribution in [0.2, 0.25) is 36.3 Å². The lowest BCUT2D eigenvalue weighted by Gasteiger charge is -2.45. The lowest BCUT2D eigenvalue weighted by atomic mass is 9.70. The summed E-state index contributed by atoms with van der Waals surface area (Å²) in [5.41, 5.74) is 0.669. The first-order valence-electron chi connectivity index (χ1n) is 14.4. The van der Waals surface area contributed by atoms with Crippen LogP contribution in [0, 0.1) is 23.2 Å². The molecule has 0 aliphatic rings. The van der Waals surface area contributed by atoms with E-state index in [0.29, 0.717) is 24.2 Å². The molecule has 0 aliphatic heterocycles. The van der Waals surface area contributed by atoms with Crippen molar-refractivity contribution in [1.82, 2.24) is 0 Å². The highest BCUT2D eigenvalue weighted by Crippen LogP contribution is 2.43. The zero-order chi connectivity index (χ0) is 28.9. The Kier molecular flexibility index (Phi) is 13.1. The van der Waals surface area contributed by atoms with E-state index in [9.17, 15) is 4.79 Å². The zero-order valence-corrected chi connectivity index (χ0v) is 29.3. The van der Waals surface area contributed by atoms with E-state index in [1.165, 1.54) is 5.57 Å². The van der Waals surface area contributed by atoms with Crippen LogP contribution >= 0.6 is 0 Å². The normalized spacial score (nSPS) is 17.4. The summed E-state index contributed by atoms with van der Waals surface area (Å²) < 4.78 is 13.6. The molecule has 0 unspecified atom stereocenters. The molecule has 3 nitrogen and oxygen atoms in total. The van der Waals surface area contributed by atoms with Crippen molar-refractivity contribution in [2.45, 2.75) is 151 Å². The van der Waals surface area contributed by atoms with Crippen molar-refractivity contribution in [1.29, 1.82) is 0 Å². The van der Waals surface area contributed by atoms with Crippen LogP contribution in [0.15, 0.2) is 12.2 Å². The van der Waals surface area contributed by atoms with Crippen molar-refractivity contribution < 1.29 is 13.6 Å². The Balaban J connectivity index is 5.80. The molecule has 0 aromatic heterocycles. The van der Waals surface area contributed by atoms with Gasteiger partial charge < -0.3 is 8.85 Å². The van der Waals surface area contributed by atoms with Gasteiger partial charge in [0.05, 0.1) is 6.10 Å². The summed E-state index contributed by atoms with van der Waals surface area (Å²) in [5.74, 6) is 1.16. The van der Waals surface area contributed by atoms with Crippen molar-refractivity contribution in [3.8, 4) is 0 Å². The third kappa shape index (κ3) is 10.1. The van der Waals surface area contributed by atoms with Crippen LogP contribution in [0.1, 0.15) is 109 Å². The fourth-order valence-electron chi connectivity index (χ4n) is 4.20. The second-order valence-electron chi connectivity index (χ2n) is 15.3. The van der Waals surface area contributed by atoms with Crippen LogP contribution in [0.5, 0.6) is 0 Å². The molecule has 0 aliphatic carbocycles. The van der Waals surface area contributed by atoms with Crippen molar-refractivity contribution >= 4 is 22.4 Å². The molecule has 5 heteroatoms. The van der Waals surface area contributed by atoms with Gasteiger partial charge in [0.1, 0.15) is 5.78 Å². The summed E-state index contributed by atoms with van der Waals surface area (Å²) in [6.07, 6.45) is 3.96. The first kappa shape index (κ1) is 35.8. The summed E-state index contributed by atoms with van der Waals surface area (Å²) in [7, 11) is -3.94. The molecular formula is C31H64O3Si2. The first-order chi connectivity index (χ1) is 15.9. The maximum Gasteiger partial charge on any atom is 0.192 e. The minimum Gasteiger partial charge on any atom is -0.417 e. The van der Waals surface area contributed by atoms with E-state index in [4.69, 9.17) is 8.85 Å². The fraction of sp³-hybridized carbons (Fsp3) is 0.903. The maximum absolute atomic E-state index is 14.1. The number of hydrogen-bond donors (Lipinski definition) is 0. The molecule has 0 heterocycles. The van der Waals surface area contributed by atoms with Crippen molar-refractivity contribution in [3.05, 3.63) is 12.2 Å². The molecule has 0 bridgehead atoms. The molecule has 0 aromatic carbocycles. The third-order valence-corrected chi connectivity index (χ3v) is 18.7. The highest BCUT2D eigenvalue weighted by molar-refractivity contribution is 6.74. The minimum atomic E-state index is -2.07. The Hall–Kier alpha value is -0.236. The molecule has 0 fully saturated rings. The van der Waals surface area contributed by atoms with Gasteiger partial charge in [-0.2, -0.15) is 0 Å². The standard InChI is InChI=1S/C31H64O3Si2/c1-23(2)19-18-20-24(3)25(4)26(5)28(32)31(12,13)27(34-36(16,17)30(9,10)11)21-22-33-35(14,15)29(6,7)8/h24-27H,1,18-22H2,2-17H3/t24-,25-,26+,27-/m0/s1. The molecule has 0 saturated heterocycles. The molecule has 36 heavy (non-hydrogen) atoms. The molecule has 214 valence electrons. The van der Waals surface area contributed by atoms with E-state index < -0.39 is 22.0 Å². The van der Waals surface area contributed by atoms with E-state index in [1.54, 1.807) is 0 Å². The minimum absolute atomic E-state index is 0.00773. The number of Topliss-reactive ketones (excluding diaryl/α,β-unsaturated/α-hetero) is 1. The van der Waals surface area contributed by atoms with E-state index in [0.717, 1.165) is 25.7 Å². The lowest BCUT2D eigenvalue weighted by Crippen LogP contribution is -2.52. The van der Waals surface area contributed by atoms with Gasteiger partial charge in [-0.25, -0.2) is 0 Å². The lowest BCUT2D eigenvalue weighted by molar-refractivity contribution is -0.138. The summed E-state index contributed by atoms with van der Waals surface area (Å²) in [4.78, 5) is 14.1. The van der Waals surface area contributed by atoms with Gasteiger partial charge in [-0.05, 0) is 74.3 Å². The van der Waals surface area contributed by atoms with Crippen LogP contribution in [0.3, 0.4) is 0 Å². The van der Waals surface area contributed by atoms with E-state index in [1.807, 2.05) is 0 Å². The predicted octanol–water partition coefficient (Wildman–Crippen LogP) is 10.0. The number of carbonyl (C=O) groups is 1. The molecule has 0 saturated carbocycles. The van der Waals surface area contributed by atoms with Crippen LogP contribution in [-0.2, 0) is 13.6 Å². The molecule has 4 atom stereocenters. The Morgan fingerprint density at radius 2 is 1.31 bits per heavy atom. The van der Waals surface area contributed by atoms with Crippen LogP contribution in [0.25, 0.3) is 0 Å². The van der Waals surface area contributed by atoms with Gasteiger partial charge in [-0.3, -0.25) is 4.79 Å². The van der Waals surface area contributed by atoms with E-state index >= 15 is 0 Å². The van der Waals surface area contributed by atoms with Gasteiger partial charge >= 0.3 is 0 Å². The zero-order valence-electron chi connectivity index (χ0n) is 27.3. The maximum atomic E-state index is 14.1. The molecule has 0 rings (SSSR count). The van der Waals surface area contributed by atoms with Crippen molar-refractivity contribution in [3.63, 3.8) is 0 Å². The Labute approximate surface area is 228 Å². The van der Waals surface area contributed by atoms with Gasteiger partial charge in [0.15, 0.2) is 16.6 Å². The molecular weight excluding hydrogens is 477 g/mol. The molecule has 0 aromatic rings. The van der Waals surface area contributed by atoms with E-state index in [-0.39, 0.29) is 22.1 Å². The van der Waals surface area contributed by atoms with Gasteiger partial charge in [-0.15, -0.1) is 6.58 Å². The molecule has 0 spiro atoms. The Morgan fingerprint density at radius 3 is 1.72 bits per heavy atom. The van der Waals surface area contributed by atoms with Gasteiger partial charge in [0, 0.05) is 17.9 Å². The highest BCUT2D eigenvalue weighted by Gasteiger charge is 2.47. The van der Waals surface area contributed by atoms with Crippen LogP contribution in [0.4, 0.5) is 0 Å². The second-order valence-corrected chi connectivity index (χ2v) is 24.9. The number of allylic oxidation sites excluding steroid dienone is 1. The van der Waals surface area contributed by atoms with Gasteiger partial charge in [0.2, 0.25) is 0 Å². The topological polar surface area (TPSA) is 35.5 Å². The SMILES string of the molecule is C=C(C)CCC[C@H](C)[C@H](C)[C@@H](C)C(=O)C(C)(C)[C@H](CCO[Si](C)(C)C(C)(C)C)O[Si](C)(C)C(C)(C)C. The van der Waals surface area contributed by atoms with Crippen LogP contribution in [-0.4, -0.2) is 35.1 Å². The predicted molar refractivity (Wildman–Crippen MR) is 165 cm³/mol. The average Bonchev–Trinajstić information content (AvgIpc) is 2.68. The summed E-state index contributed by atoms with van der Waals surface area (Å²) in [5, 5.41) is 0.250. The van der Waals surface area contributed by atoms with Gasteiger partial charge in [-0.1, -0.05) is 88.2 Å². The Bertz CT molecular complexity index is 710.